The molecule has 0 bridgehead atoms. The number of hydrogen-bond acceptors (Lipinski definition) is 5. The van der Waals surface area contributed by atoms with E-state index in [4.69, 9.17) is 25.8 Å². The largest absolute Gasteiger partial charge is 0.482 e. The second kappa shape index (κ2) is 6.04. The van der Waals surface area contributed by atoms with Crippen LogP contribution in [0.5, 0.6) is 11.5 Å². The molecule has 0 aliphatic carbocycles. The van der Waals surface area contributed by atoms with Crippen LogP contribution in [0.15, 0.2) is 34.8 Å². The lowest BCUT2D eigenvalue weighted by Gasteiger charge is -2.32. The van der Waals surface area contributed by atoms with Crippen molar-refractivity contribution in [2.24, 2.45) is 0 Å². The van der Waals surface area contributed by atoms with Crippen molar-refractivity contribution in [2.45, 2.75) is 18.8 Å². The topological polar surface area (TPSA) is 65.0 Å². The highest BCUT2D eigenvalue weighted by molar-refractivity contribution is 9.10. The maximum Gasteiger partial charge on any atom is 0.199 e. The van der Waals surface area contributed by atoms with E-state index in [0.717, 1.165) is 10.0 Å². The fraction of sp³-hybridized carbons (Fsp3) is 0.235. The molecule has 0 unspecified atom stereocenters. The standard InChI is InChI=1S/C17H12BrClO5/c18-9-3-8-6-22-7-23-16(8)12(4-9)17-15(21)14(20)11-5-10(19)1-2-13(11)24-17/h1-5,15,17,21H,6-7H2/t15-,17+/m1/s1. The molecule has 0 aromatic heterocycles. The second-order valence-corrected chi connectivity index (χ2v) is 6.93. The number of carbonyl (C=O) groups excluding carboxylic acids is 1. The smallest absolute Gasteiger partial charge is 0.199 e. The zero-order chi connectivity index (χ0) is 16.8. The minimum atomic E-state index is -1.35. The number of carbonyl (C=O) groups is 1. The van der Waals surface area contributed by atoms with Crippen LogP contribution < -0.4 is 9.47 Å². The third-order valence-electron chi connectivity index (χ3n) is 4.03. The first-order valence-corrected chi connectivity index (χ1v) is 8.43. The SMILES string of the molecule is O=C1c2cc(Cl)ccc2O[C@@H](c2cc(Br)cc3c2OCOC3)[C@@H]1O. The summed E-state index contributed by atoms with van der Waals surface area (Å²) in [5, 5.41) is 10.9. The Labute approximate surface area is 151 Å². The molecule has 1 N–H and O–H groups in total. The highest BCUT2D eigenvalue weighted by atomic mass is 79.9. The van der Waals surface area contributed by atoms with Gasteiger partial charge in [-0.05, 0) is 30.3 Å². The molecule has 2 aromatic rings. The summed E-state index contributed by atoms with van der Waals surface area (Å²) in [4.78, 5) is 12.5. The summed E-state index contributed by atoms with van der Waals surface area (Å²) in [6.45, 7) is 0.509. The molecule has 0 amide bonds. The first kappa shape index (κ1) is 15.9. The molecular formula is C17H12BrClO5. The summed E-state index contributed by atoms with van der Waals surface area (Å²) in [6, 6.07) is 8.43. The van der Waals surface area contributed by atoms with Gasteiger partial charge >= 0.3 is 0 Å². The number of benzene rings is 2. The van der Waals surface area contributed by atoms with Crippen molar-refractivity contribution in [1.29, 1.82) is 0 Å². The summed E-state index contributed by atoms with van der Waals surface area (Å²) in [6.07, 6.45) is -2.21. The van der Waals surface area contributed by atoms with Crippen LogP contribution in [0.25, 0.3) is 0 Å². The van der Waals surface area contributed by atoms with Gasteiger partial charge in [0.05, 0.1) is 12.2 Å². The first-order chi connectivity index (χ1) is 11.5. The number of ether oxygens (including phenoxy) is 3. The normalized spacial score (nSPS) is 22.2. The van der Waals surface area contributed by atoms with Crippen LogP contribution in [0.3, 0.4) is 0 Å². The van der Waals surface area contributed by atoms with E-state index in [1.807, 2.05) is 6.07 Å². The average molecular weight is 412 g/mol. The molecule has 0 saturated carbocycles. The zero-order valence-electron chi connectivity index (χ0n) is 12.3. The van der Waals surface area contributed by atoms with E-state index >= 15 is 0 Å². The van der Waals surface area contributed by atoms with Gasteiger partial charge in [-0.1, -0.05) is 27.5 Å². The Hall–Kier alpha value is -1.60. The number of aliphatic hydroxyl groups excluding tert-OH is 1. The van der Waals surface area contributed by atoms with Gasteiger partial charge in [-0.2, -0.15) is 0 Å². The Morgan fingerprint density at radius 2 is 2.08 bits per heavy atom. The highest BCUT2D eigenvalue weighted by Gasteiger charge is 2.39. The molecular weight excluding hydrogens is 400 g/mol. The van der Waals surface area contributed by atoms with Crippen molar-refractivity contribution >= 4 is 33.3 Å². The summed E-state index contributed by atoms with van der Waals surface area (Å²) in [5.41, 5.74) is 1.71. The number of Topliss-reactive ketones (excluding diaryl/α,β-unsaturated/α-hetero) is 1. The van der Waals surface area contributed by atoms with Gasteiger partial charge in [0.25, 0.3) is 0 Å². The van der Waals surface area contributed by atoms with E-state index in [1.54, 1.807) is 18.2 Å². The summed E-state index contributed by atoms with van der Waals surface area (Å²) in [5.74, 6) is 0.545. The molecule has 124 valence electrons. The predicted molar refractivity (Wildman–Crippen MR) is 89.6 cm³/mol. The van der Waals surface area contributed by atoms with Crippen molar-refractivity contribution in [3.05, 3.63) is 56.5 Å². The quantitative estimate of drug-likeness (QED) is 0.776. The van der Waals surface area contributed by atoms with Gasteiger partial charge in [-0.3, -0.25) is 4.79 Å². The Bertz CT molecular complexity index is 838. The van der Waals surface area contributed by atoms with E-state index in [0.29, 0.717) is 28.7 Å². The molecule has 24 heavy (non-hydrogen) atoms. The third-order valence-corrected chi connectivity index (χ3v) is 4.72. The molecule has 2 aliphatic heterocycles. The van der Waals surface area contributed by atoms with Crippen molar-refractivity contribution in [3.8, 4) is 11.5 Å². The van der Waals surface area contributed by atoms with E-state index in [2.05, 4.69) is 15.9 Å². The van der Waals surface area contributed by atoms with Crippen LogP contribution >= 0.6 is 27.5 Å². The molecule has 5 nitrogen and oxygen atoms in total. The van der Waals surface area contributed by atoms with E-state index in [1.165, 1.54) is 6.07 Å². The molecule has 0 spiro atoms. The minimum absolute atomic E-state index is 0.116. The van der Waals surface area contributed by atoms with Crippen LogP contribution in [-0.4, -0.2) is 23.8 Å². The van der Waals surface area contributed by atoms with Crippen molar-refractivity contribution in [2.75, 3.05) is 6.79 Å². The molecule has 2 atom stereocenters. The number of rotatable bonds is 1. The van der Waals surface area contributed by atoms with Gasteiger partial charge in [0.2, 0.25) is 0 Å². The molecule has 0 saturated heterocycles. The number of aliphatic hydroxyl groups is 1. The van der Waals surface area contributed by atoms with Gasteiger partial charge < -0.3 is 19.3 Å². The maximum absolute atomic E-state index is 12.5. The van der Waals surface area contributed by atoms with Crippen molar-refractivity contribution < 1.29 is 24.1 Å². The van der Waals surface area contributed by atoms with Gasteiger partial charge in [0, 0.05) is 20.6 Å². The van der Waals surface area contributed by atoms with E-state index < -0.39 is 18.0 Å². The van der Waals surface area contributed by atoms with Crippen molar-refractivity contribution in [1.82, 2.24) is 0 Å². The fourth-order valence-electron chi connectivity index (χ4n) is 2.95. The number of fused-ring (bicyclic) bond motifs is 2. The summed E-state index contributed by atoms with van der Waals surface area (Å²) >= 11 is 9.36. The lowest BCUT2D eigenvalue weighted by atomic mass is 9.92. The number of hydrogen-bond donors (Lipinski definition) is 1. The average Bonchev–Trinajstić information content (AvgIpc) is 2.58. The highest BCUT2D eigenvalue weighted by Crippen LogP contribution is 2.42. The Balaban J connectivity index is 1.82. The number of halogens is 2. The molecule has 2 aliphatic rings. The molecule has 2 heterocycles. The van der Waals surface area contributed by atoms with Crippen molar-refractivity contribution in [3.63, 3.8) is 0 Å². The number of ketones is 1. The first-order valence-electron chi connectivity index (χ1n) is 7.26. The van der Waals surface area contributed by atoms with Crippen LogP contribution in [0.2, 0.25) is 5.02 Å². The van der Waals surface area contributed by atoms with Crippen LogP contribution in [0, 0.1) is 0 Å². The van der Waals surface area contributed by atoms with Gasteiger partial charge in [0.15, 0.2) is 24.8 Å². The predicted octanol–water partition coefficient (Wildman–Crippen LogP) is 3.65. The summed E-state index contributed by atoms with van der Waals surface area (Å²) in [7, 11) is 0. The monoisotopic (exact) mass is 410 g/mol. The molecule has 2 aromatic carbocycles. The lowest BCUT2D eigenvalue weighted by Crippen LogP contribution is -2.36. The molecule has 0 radical (unpaired) electrons. The second-order valence-electron chi connectivity index (χ2n) is 5.58. The lowest BCUT2D eigenvalue weighted by molar-refractivity contribution is -0.0214. The van der Waals surface area contributed by atoms with Gasteiger partial charge in [-0.25, -0.2) is 0 Å². The van der Waals surface area contributed by atoms with Gasteiger partial charge in [0.1, 0.15) is 11.5 Å². The fourth-order valence-corrected chi connectivity index (χ4v) is 3.64. The Kier molecular flexibility index (Phi) is 4.00. The van der Waals surface area contributed by atoms with Crippen LogP contribution in [0.1, 0.15) is 27.6 Å². The minimum Gasteiger partial charge on any atom is -0.482 e. The van der Waals surface area contributed by atoms with Gasteiger partial charge in [-0.15, -0.1) is 0 Å². The Morgan fingerprint density at radius 1 is 1.25 bits per heavy atom. The van der Waals surface area contributed by atoms with E-state index in [-0.39, 0.29) is 12.4 Å². The van der Waals surface area contributed by atoms with Crippen LogP contribution in [0.4, 0.5) is 0 Å². The van der Waals surface area contributed by atoms with E-state index in [9.17, 15) is 9.90 Å². The van der Waals surface area contributed by atoms with Crippen LogP contribution in [-0.2, 0) is 11.3 Å². The Morgan fingerprint density at radius 3 is 2.92 bits per heavy atom. The zero-order valence-corrected chi connectivity index (χ0v) is 14.6. The molecule has 4 rings (SSSR count). The molecule has 0 fully saturated rings. The summed E-state index contributed by atoms with van der Waals surface area (Å²) < 4.78 is 17.6. The molecule has 7 heteroatoms. The maximum atomic E-state index is 12.5. The third kappa shape index (κ3) is 2.59.